The van der Waals surface area contributed by atoms with Crippen LogP contribution in [0, 0.1) is 10.1 Å². The number of carbonyl (C=O) groups is 2. The van der Waals surface area contributed by atoms with E-state index in [0.29, 0.717) is 0 Å². The molecule has 0 saturated carbocycles. The number of nitrogens with one attached hydrogen (secondary N) is 2. The van der Waals surface area contributed by atoms with Gasteiger partial charge >= 0.3 is 6.09 Å². The van der Waals surface area contributed by atoms with E-state index in [1.54, 1.807) is 20.8 Å². The van der Waals surface area contributed by atoms with Gasteiger partial charge < -0.3 is 25.0 Å². The molecule has 1 fully saturated rings. The van der Waals surface area contributed by atoms with Gasteiger partial charge in [0.1, 0.15) is 17.5 Å². The Bertz CT molecular complexity index is 826. The van der Waals surface area contributed by atoms with Crippen LogP contribution in [-0.4, -0.2) is 66.9 Å². The number of halogens is 1. The second-order valence-corrected chi connectivity index (χ2v) is 7.97. The monoisotopic (exact) mass is 426 g/mol. The van der Waals surface area contributed by atoms with E-state index >= 15 is 0 Å². The van der Waals surface area contributed by atoms with E-state index in [0.717, 1.165) is 6.07 Å². The molecule has 10 nitrogen and oxygen atoms in total. The Morgan fingerprint density at radius 1 is 1.30 bits per heavy atom. The van der Waals surface area contributed by atoms with Crippen molar-refractivity contribution in [3.63, 3.8) is 0 Å². The van der Waals surface area contributed by atoms with Gasteiger partial charge in [-0.05, 0) is 26.8 Å². The molecule has 1 aliphatic heterocycles. The number of piperidine rings is 1. The maximum atomic E-state index is 14.3. The number of anilines is 1. The van der Waals surface area contributed by atoms with Crippen molar-refractivity contribution in [2.24, 2.45) is 0 Å². The molecular weight excluding hydrogens is 399 g/mol. The summed E-state index contributed by atoms with van der Waals surface area (Å²) in [6.07, 6.45) is -2.04. The van der Waals surface area contributed by atoms with Gasteiger partial charge in [-0.3, -0.25) is 14.9 Å². The molecule has 0 spiro atoms. The summed E-state index contributed by atoms with van der Waals surface area (Å²) in [6.45, 7) is 4.97. The Morgan fingerprint density at radius 2 is 1.97 bits per heavy atom. The summed E-state index contributed by atoms with van der Waals surface area (Å²) in [7, 11) is 2.82. The fourth-order valence-electron chi connectivity index (χ4n) is 3.25. The number of carbonyl (C=O) groups excluding carboxylic acids is 2. The van der Waals surface area contributed by atoms with E-state index < -0.39 is 34.7 Å². The van der Waals surface area contributed by atoms with Crippen molar-refractivity contribution >= 4 is 23.4 Å². The number of rotatable bonds is 5. The molecule has 2 atom stereocenters. The number of hydrogen-bond donors (Lipinski definition) is 2. The normalized spacial score (nSPS) is 19.1. The molecule has 0 aromatic heterocycles. The van der Waals surface area contributed by atoms with Crippen LogP contribution in [0.4, 0.5) is 20.6 Å². The molecular formula is C19H27FN4O6. The fraction of sp³-hybridized carbons (Fsp3) is 0.579. The lowest BCUT2D eigenvalue weighted by Crippen LogP contribution is -2.54. The molecule has 11 heteroatoms. The summed E-state index contributed by atoms with van der Waals surface area (Å²) in [4.78, 5) is 36.9. The summed E-state index contributed by atoms with van der Waals surface area (Å²) >= 11 is 0. The number of alkyl carbamates (subject to hydrolysis) is 1. The first-order valence-electron chi connectivity index (χ1n) is 9.42. The molecule has 0 bridgehead atoms. The fourth-order valence-corrected chi connectivity index (χ4v) is 3.25. The molecule has 0 radical (unpaired) electrons. The van der Waals surface area contributed by atoms with Crippen molar-refractivity contribution in [3.05, 3.63) is 27.8 Å². The zero-order valence-corrected chi connectivity index (χ0v) is 17.7. The lowest BCUT2D eigenvalue weighted by Gasteiger charge is -2.35. The molecule has 1 aromatic carbocycles. The third-order valence-electron chi connectivity index (χ3n) is 4.40. The summed E-state index contributed by atoms with van der Waals surface area (Å²) in [5.41, 5.74) is -0.931. The van der Waals surface area contributed by atoms with Gasteiger partial charge in [0.2, 0.25) is 0 Å². The van der Waals surface area contributed by atoms with Crippen molar-refractivity contribution < 1.29 is 28.4 Å². The number of likely N-dealkylation sites (tertiary alicyclic amines) is 1. The first-order chi connectivity index (χ1) is 13.9. The van der Waals surface area contributed by atoms with Gasteiger partial charge in [-0.2, -0.15) is 0 Å². The smallest absolute Gasteiger partial charge is 0.407 e. The predicted molar refractivity (Wildman–Crippen MR) is 108 cm³/mol. The Hall–Kier alpha value is -3.11. The average molecular weight is 426 g/mol. The van der Waals surface area contributed by atoms with Gasteiger partial charge in [0.25, 0.3) is 11.6 Å². The van der Waals surface area contributed by atoms with Crippen molar-refractivity contribution in [2.75, 3.05) is 32.6 Å². The molecule has 166 valence electrons. The van der Waals surface area contributed by atoms with Gasteiger partial charge in [0.15, 0.2) is 5.69 Å². The number of methoxy groups -OCH3 is 1. The Morgan fingerprint density at radius 3 is 2.50 bits per heavy atom. The summed E-state index contributed by atoms with van der Waals surface area (Å²) < 4.78 is 24.6. The van der Waals surface area contributed by atoms with Crippen LogP contribution in [0.15, 0.2) is 12.1 Å². The summed E-state index contributed by atoms with van der Waals surface area (Å²) in [6, 6.07) is 1.83. The summed E-state index contributed by atoms with van der Waals surface area (Å²) in [5.74, 6) is -0.482. The quantitative estimate of drug-likeness (QED) is 0.548. The lowest BCUT2D eigenvalue weighted by molar-refractivity contribution is -0.384. The van der Waals surface area contributed by atoms with E-state index in [2.05, 4.69) is 10.6 Å². The van der Waals surface area contributed by atoms with E-state index in [-0.39, 0.29) is 42.2 Å². The van der Waals surface area contributed by atoms with Gasteiger partial charge in [0, 0.05) is 26.1 Å². The Kier molecular flexibility index (Phi) is 7.06. The molecule has 2 N–H and O–H groups in total. The minimum atomic E-state index is -1.36. The number of nitrogens with zero attached hydrogens (tertiary/aromatic N) is 2. The van der Waals surface area contributed by atoms with E-state index in [4.69, 9.17) is 9.47 Å². The highest BCUT2D eigenvalue weighted by Gasteiger charge is 2.33. The average Bonchev–Trinajstić information content (AvgIpc) is 2.63. The second kappa shape index (κ2) is 9.14. The van der Waals surface area contributed by atoms with Crippen LogP contribution in [0.1, 0.15) is 37.6 Å². The number of ether oxygens (including phenoxy) is 2. The third-order valence-corrected chi connectivity index (χ3v) is 4.40. The van der Waals surface area contributed by atoms with Crippen molar-refractivity contribution in [1.29, 1.82) is 0 Å². The minimum absolute atomic E-state index is 0.0114. The van der Waals surface area contributed by atoms with Crippen LogP contribution < -0.4 is 15.4 Å². The van der Waals surface area contributed by atoms with Crippen LogP contribution >= 0.6 is 0 Å². The largest absolute Gasteiger partial charge is 0.494 e. The topological polar surface area (TPSA) is 123 Å². The van der Waals surface area contributed by atoms with E-state index in [9.17, 15) is 24.1 Å². The first-order valence-corrected chi connectivity index (χ1v) is 9.42. The Labute approximate surface area is 173 Å². The van der Waals surface area contributed by atoms with Gasteiger partial charge in [-0.15, -0.1) is 0 Å². The Balaban J connectivity index is 2.24. The highest BCUT2D eigenvalue weighted by atomic mass is 19.1. The predicted octanol–water partition coefficient (Wildman–Crippen LogP) is 2.72. The highest BCUT2D eigenvalue weighted by molar-refractivity contribution is 5.97. The van der Waals surface area contributed by atoms with Crippen molar-refractivity contribution in [3.8, 4) is 5.75 Å². The van der Waals surface area contributed by atoms with Crippen LogP contribution in [-0.2, 0) is 4.74 Å². The van der Waals surface area contributed by atoms with Crippen LogP contribution in [0.5, 0.6) is 5.75 Å². The maximum Gasteiger partial charge on any atom is 0.407 e. The maximum absolute atomic E-state index is 14.3. The van der Waals surface area contributed by atoms with Crippen molar-refractivity contribution in [1.82, 2.24) is 10.2 Å². The molecule has 1 heterocycles. The standard InChI is InChI=1S/C19H27FN4O6/c1-19(2,3)30-18(26)22-13-8-12(20)9-23(10-13)17(25)11-6-14(24(27)28)16(21-4)15(7-11)29-5/h6-7,12-13,21H,8-10H2,1-5H3,(H,22,26)/t12-,13-/m1/s1. The minimum Gasteiger partial charge on any atom is -0.494 e. The van der Waals surface area contributed by atoms with Crippen LogP contribution in [0.3, 0.4) is 0 Å². The van der Waals surface area contributed by atoms with Crippen molar-refractivity contribution in [2.45, 2.75) is 45.0 Å². The number of nitro groups is 1. The van der Waals surface area contributed by atoms with Gasteiger partial charge in [-0.1, -0.05) is 0 Å². The molecule has 1 saturated heterocycles. The van der Waals surface area contributed by atoms with Crippen LogP contribution in [0.2, 0.25) is 0 Å². The van der Waals surface area contributed by atoms with E-state index in [1.165, 1.54) is 25.1 Å². The number of amides is 2. The number of nitro benzene ring substituents is 1. The van der Waals surface area contributed by atoms with E-state index in [1.807, 2.05) is 0 Å². The second-order valence-electron chi connectivity index (χ2n) is 7.97. The van der Waals surface area contributed by atoms with Gasteiger partial charge in [-0.25, -0.2) is 9.18 Å². The van der Waals surface area contributed by atoms with Crippen LogP contribution in [0.25, 0.3) is 0 Å². The molecule has 30 heavy (non-hydrogen) atoms. The highest BCUT2D eigenvalue weighted by Crippen LogP contribution is 2.36. The zero-order chi connectivity index (χ0) is 22.6. The lowest BCUT2D eigenvalue weighted by atomic mass is 10.0. The molecule has 1 aromatic rings. The zero-order valence-electron chi connectivity index (χ0n) is 17.7. The molecule has 2 rings (SSSR count). The summed E-state index contributed by atoms with van der Waals surface area (Å²) in [5, 5.41) is 16.7. The molecule has 1 aliphatic rings. The number of hydrogen-bond acceptors (Lipinski definition) is 7. The SMILES string of the molecule is CNc1c(OC)cc(C(=O)N2C[C@H](F)C[C@@H](NC(=O)OC(C)(C)C)C2)cc1[N+](=O)[O-]. The molecule has 0 unspecified atom stereocenters. The van der Waals surface area contributed by atoms with Gasteiger partial charge in [0.05, 0.1) is 30.2 Å². The molecule has 2 amide bonds. The first kappa shape index (κ1) is 23.2. The third kappa shape index (κ3) is 5.71. The number of benzene rings is 1. The number of alkyl halides is 1. The molecule has 0 aliphatic carbocycles.